The highest BCUT2D eigenvalue weighted by Crippen LogP contribution is 2.26. The smallest absolute Gasteiger partial charge is 0.268 e. The summed E-state index contributed by atoms with van der Waals surface area (Å²) in [5, 5.41) is 15.5. The summed E-state index contributed by atoms with van der Waals surface area (Å²) in [6.07, 6.45) is 1.77. The molecular formula is C11H10ClN3O2. The van der Waals surface area contributed by atoms with Gasteiger partial charge in [0.05, 0.1) is 27.7 Å². The summed E-state index contributed by atoms with van der Waals surface area (Å²) in [6, 6.07) is 6.48. The van der Waals surface area contributed by atoms with E-state index in [1.807, 2.05) is 13.0 Å². The van der Waals surface area contributed by atoms with E-state index in [9.17, 15) is 10.1 Å². The molecule has 0 saturated carbocycles. The Morgan fingerprint density at radius 1 is 1.47 bits per heavy atom. The van der Waals surface area contributed by atoms with E-state index in [0.717, 1.165) is 5.69 Å². The predicted molar refractivity (Wildman–Crippen MR) is 64.2 cm³/mol. The molecule has 0 bridgehead atoms. The molecule has 0 aliphatic carbocycles. The fourth-order valence-electron chi connectivity index (χ4n) is 1.59. The molecule has 6 heteroatoms. The van der Waals surface area contributed by atoms with Crippen LogP contribution < -0.4 is 0 Å². The van der Waals surface area contributed by atoms with Crippen LogP contribution in [0.1, 0.15) is 11.3 Å². The van der Waals surface area contributed by atoms with Crippen LogP contribution in [0.15, 0.2) is 30.5 Å². The van der Waals surface area contributed by atoms with Gasteiger partial charge in [0.1, 0.15) is 0 Å². The highest BCUT2D eigenvalue weighted by Gasteiger charge is 2.16. The van der Waals surface area contributed by atoms with Crippen LogP contribution >= 0.6 is 11.6 Å². The molecule has 0 atom stereocenters. The Labute approximate surface area is 103 Å². The minimum atomic E-state index is -0.433. The maximum Gasteiger partial charge on any atom is 0.275 e. The van der Waals surface area contributed by atoms with Crippen molar-refractivity contribution in [2.45, 2.75) is 13.5 Å². The summed E-state index contributed by atoms with van der Waals surface area (Å²) < 4.78 is 1.63. The maximum absolute atomic E-state index is 10.9. The van der Waals surface area contributed by atoms with E-state index in [2.05, 4.69) is 5.10 Å². The second-order valence-electron chi connectivity index (χ2n) is 3.65. The van der Waals surface area contributed by atoms with Gasteiger partial charge in [-0.25, -0.2) is 0 Å². The van der Waals surface area contributed by atoms with Crippen molar-refractivity contribution in [2.75, 3.05) is 0 Å². The Kier molecular flexibility index (Phi) is 3.10. The molecule has 2 aromatic rings. The molecule has 88 valence electrons. The van der Waals surface area contributed by atoms with E-state index in [1.165, 1.54) is 6.07 Å². The van der Waals surface area contributed by atoms with Gasteiger partial charge >= 0.3 is 0 Å². The third-order valence-corrected chi connectivity index (χ3v) is 2.74. The van der Waals surface area contributed by atoms with Gasteiger partial charge in [-0.05, 0) is 19.1 Å². The number of nitrogens with zero attached hydrogens (tertiary/aromatic N) is 3. The van der Waals surface area contributed by atoms with Crippen LogP contribution in [0.3, 0.4) is 0 Å². The second-order valence-corrected chi connectivity index (χ2v) is 4.06. The van der Waals surface area contributed by atoms with Crippen LogP contribution in [0, 0.1) is 17.0 Å². The van der Waals surface area contributed by atoms with Crippen molar-refractivity contribution in [3.05, 3.63) is 56.9 Å². The van der Waals surface area contributed by atoms with Gasteiger partial charge in [0.2, 0.25) is 0 Å². The Morgan fingerprint density at radius 2 is 2.24 bits per heavy atom. The van der Waals surface area contributed by atoms with E-state index in [4.69, 9.17) is 11.6 Å². The van der Waals surface area contributed by atoms with Crippen LogP contribution in [-0.4, -0.2) is 14.7 Å². The quantitative estimate of drug-likeness (QED) is 0.622. The Bertz CT molecular complexity index is 566. The number of hydrogen-bond donors (Lipinski definition) is 0. The van der Waals surface area contributed by atoms with Crippen LogP contribution in [-0.2, 0) is 6.54 Å². The fourth-order valence-corrected chi connectivity index (χ4v) is 1.82. The summed E-state index contributed by atoms with van der Waals surface area (Å²) in [7, 11) is 0. The van der Waals surface area contributed by atoms with Crippen molar-refractivity contribution in [3.63, 3.8) is 0 Å². The Balaban J connectivity index is 2.40. The van der Waals surface area contributed by atoms with E-state index < -0.39 is 4.92 Å². The molecule has 0 amide bonds. The highest BCUT2D eigenvalue weighted by molar-refractivity contribution is 6.31. The lowest BCUT2D eigenvalue weighted by Gasteiger charge is -2.05. The normalized spacial score (nSPS) is 10.5. The monoisotopic (exact) mass is 251 g/mol. The zero-order valence-corrected chi connectivity index (χ0v) is 9.89. The molecule has 1 aromatic carbocycles. The molecule has 17 heavy (non-hydrogen) atoms. The number of nitro benzene ring substituents is 1. The Morgan fingerprint density at radius 3 is 2.82 bits per heavy atom. The van der Waals surface area contributed by atoms with Crippen molar-refractivity contribution in [3.8, 4) is 0 Å². The zero-order valence-electron chi connectivity index (χ0n) is 9.13. The lowest BCUT2D eigenvalue weighted by molar-refractivity contribution is -0.385. The molecule has 0 spiro atoms. The van der Waals surface area contributed by atoms with Crippen molar-refractivity contribution < 1.29 is 4.92 Å². The molecule has 0 fully saturated rings. The number of nitro groups is 1. The van der Waals surface area contributed by atoms with Gasteiger partial charge in [-0.3, -0.25) is 14.8 Å². The van der Waals surface area contributed by atoms with Gasteiger partial charge in [-0.1, -0.05) is 17.7 Å². The lowest BCUT2D eigenvalue weighted by Crippen LogP contribution is -2.04. The Hall–Kier alpha value is -1.88. The van der Waals surface area contributed by atoms with Gasteiger partial charge < -0.3 is 0 Å². The number of rotatable bonds is 3. The minimum absolute atomic E-state index is 0.0191. The van der Waals surface area contributed by atoms with Crippen molar-refractivity contribution >= 4 is 17.3 Å². The molecule has 2 rings (SSSR count). The molecule has 1 aromatic heterocycles. The molecule has 0 unspecified atom stereocenters. The number of hydrogen-bond acceptors (Lipinski definition) is 3. The molecule has 0 saturated heterocycles. The van der Waals surface area contributed by atoms with E-state index >= 15 is 0 Å². The van der Waals surface area contributed by atoms with Crippen molar-refractivity contribution in [1.29, 1.82) is 0 Å². The average molecular weight is 252 g/mol. The van der Waals surface area contributed by atoms with E-state index in [0.29, 0.717) is 17.1 Å². The van der Waals surface area contributed by atoms with Crippen LogP contribution in [0.5, 0.6) is 0 Å². The third kappa shape index (κ3) is 2.45. The predicted octanol–water partition coefficient (Wildman–Crippen LogP) is 2.80. The fraction of sp³-hybridized carbons (Fsp3) is 0.182. The second kappa shape index (κ2) is 4.55. The van der Waals surface area contributed by atoms with Crippen molar-refractivity contribution in [2.24, 2.45) is 0 Å². The summed E-state index contributed by atoms with van der Waals surface area (Å²) in [5.74, 6) is 0. The highest BCUT2D eigenvalue weighted by atomic mass is 35.5. The van der Waals surface area contributed by atoms with Gasteiger partial charge in [-0.2, -0.15) is 5.10 Å². The van der Waals surface area contributed by atoms with Crippen LogP contribution in [0.2, 0.25) is 5.02 Å². The van der Waals surface area contributed by atoms with Gasteiger partial charge in [0.25, 0.3) is 5.69 Å². The first-order valence-electron chi connectivity index (χ1n) is 5.00. The lowest BCUT2D eigenvalue weighted by atomic mass is 10.2. The van der Waals surface area contributed by atoms with Crippen molar-refractivity contribution in [1.82, 2.24) is 9.78 Å². The third-order valence-electron chi connectivity index (χ3n) is 2.38. The molecule has 0 radical (unpaired) electrons. The molecule has 0 aliphatic rings. The first kappa shape index (κ1) is 11.6. The van der Waals surface area contributed by atoms with Crippen LogP contribution in [0.4, 0.5) is 5.69 Å². The summed E-state index contributed by atoms with van der Waals surface area (Å²) >= 11 is 5.98. The average Bonchev–Trinajstić information content (AvgIpc) is 2.67. The molecule has 0 N–H and O–H groups in total. The molecule has 5 nitrogen and oxygen atoms in total. The zero-order chi connectivity index (χ0) is 12.4. The largest absolute Gasteiger partial charge is 0.275 e. The molecule has 1 heterocycles. The maximum atomic E-state index is 10.9. The number of aryl methyl sites for hydroxylation is 1. The number of benzene rings is 1. The summed E-state index contributed by atoms with van der Waals surface area (Å²) in [6.45, 7) is 2.15. The van der Waals surface area contributed by atoms with Gasteiger partial charge in [-0.15, -0.1) is 0 Å². The van der Waals surface area contributed by atoms with E-state index in [-0.39, 0.29) is 5.69 Å². The molecule has 0 aliphatic heterocycles. The standard InChI is InChI=1S/C11H10ClN3O2/c1-8-5-6-14(13-8)7-9-10(12)3-2-4-11(9)15(16)17/h2-6H,7H2,1H3. The number of aromatic nitrogens is 2. The minimum Gasteiger partial charge on any atom is -0.268 e. The first-order chi connectivity index (χ1) is 8.08. The van der Waals surface area contributed by atoms with E-state index in [1.54, 1.807) is 23.0 Å². The van der Waals surface area contributed by atoms with Crippen LogP contribution in [0.25, 0.3) is 0 Å². The SMILES string of the molecule is Cc1ccn(Cc2c(Cl)cccc2[N+](=O)[O-])n1. The van der Waals surface area contributed by atoms with Gasteiger partial charge in [0.15, 0.2) is 0 Å². The molecular weight excluding hydrogens is 242 g/mol. The summed E-state index contributed by atoms with van der Waals surface area (Å²) in [4.78, 5) is 10.5. The number of halogens is 1. The first-order valence-corrected chi connectivity index (χ1v) is 5.37. The topological polar surface area (TPSA) is 61.0 Å². The summed E-state index contributed by atoms with van der Waals surface area (Å²) in [5.41, 5.74) is 1.35. The van der Waals surface area contributed by atoms with Gasteiger partial charge in [0, 0.05) is 12.3 Å².